The van der Waals surface area contributed by atoms with Gasteiger partial charge in [0, 0.05) is 20.1 Å². The molecule has 18 heavy (non-hydrogen) atoms. The quantitative estimate of drug-likeness (QED) is 0.639. The summed E-state index contributed by atoms with van der Waals surface area (Å²) in [4.78, 5) is 35.0. The van der Waals surface area contributed by atoms with Crippen molar-refractivity contribution in [2.45, 2.75) is 25.3 Å². The number of likely N-dealkylation sites (N-methyl/N-ethyl adjacent to an activating group) is 1. The zero-order chi connectivity index (χ0) is 13.7. The first kappa shape index (κ1) is 14.3. The van der Waals surface area contributed by atoms with Crippen LogP contribution in [0.3, 0.4) is 0 Å². The number of urea groups is 1. The van der Waals surface area contributed by atoms with Gasteiger partial charge in [0.15, 0.2) is 0 Å². The molecule has 3 N–H and O–H groups in total. The maximum absolute atomic E-state index is 11.5. The molecule has 0 aromatic rings. The van der Waals surface area contributed by atoms with Gasteiger partial charge in [-0.2, -0.15) is 0 Å². The first-order chi connectivity index (χ1) is 8.41. The largest absolute Gasteiger partial charge is 0.481 e. The number of carboxylic acid groups (broad SMARTS) is 1. The fourth-order valence-corrected chi connectivity index (χ4v) is 1.96. The van der Waals surface area contributed by atoms with Gasteiger partial charge in [-0.3, -0.25) is 9.59 Å². The minimum absolute atomic E-state index is 0.0940. The van der Waals surface area contributed by atoms with Gasteiger partial charge in [-0.15, -0.1) is 0 Å². The Bertz CT molecular complexity index is 343. The molecule has 0 bridgehead atoms. The van der Waals surface area contributed by atoms with Crippen LogP contribution in [0.15, 0.2) is 0 Å². The summed E-state index contributed by atoms with van der Waals surface area (Å²) in [5.41, 5.74) is 0. The molecule has 1 saturated carbocycles. The summed E-state index contributed by atoms with van der Waals surface area (Å²) in [6.45, 7) is -0.0940. The summed E-state index contributed by atoms with van der Waals surface area (Å²) in [6.07, 6.45) is 2.03. The average molecular weight is 257 g/mol. The van der Waals surface area contributed by atoms with Crippen LogP contribution in [0, 0.1) is 5.92 Å². The van der Waals surface area contributed by atoms with Gasteiger partial charge in [0.05, 0.1) is 12.5 Å². The summed E-state index contributed by atoms with van der Waals surface area (Å²) in [5, 5.41) is 14.0. The Morgan fingerprint density at radius 1 is 1.28 bits per heavy atom. The Hall–Kier alpha value is -1.79. The Labute approximate surface area is 106 Å². The molecule has 2 unspecified atom stereocenters. The van der Waals surface area contributed by atoms with Crippen LogP contribution in [-0.4, -0.2) is 54.6 Å². The summed E-state index contributed by atoms with van der Waals surface area (Å²) >= 11 is 0. The summed E-state index contributed by atoms with van der Waals surface area (Å²) < 4.78 is 0. The smallest absolute Gasteiger partial charge is 0.315 e. The van der Waals surface area contributed by atoms with Crippen molar-refractivity contribution in [3.05, 3.63) is 0 Å². The Morgan fingerprint density at radius 2 is 1.94 bits per heavy atom. The topological polar surface area (TPSA) is 98.7 Å². The van der Waals surface area contributed by atoms with Crippen LogP contribution in [0.4, 0.5) is 4.79 Å². The molecule has 3 amide bonds. The van der Waals surface area contributed by atoms with Crippen LogP contribution in [0.25, 0.3) is 0 Å². The number of rotatable bonds is 4. The van der Waals surface area contributed by atoms with Crippen molar-refractivity contribution >= 4 is 17.9 Å². The van der Waals surface area contributed by atoms with Gasteiger partial charge in [-0.05, 0) is 12.8 Å². The molecule has 1 rings (SSSR count). The van der Waals surface area contributed by atoms with E-state index in [-0.39, 0.29) is 18.5 Å². The number of carbonyl (C=O) groups excluding carboxylic acids is 2. The maximum Gasteiger partial charge on any atom is 0.315 e. The Balaban J connectivity index is 2.36. The number of nitrogens with one attached hydrogen (secondary N) is 2. The van der Waals surface area contributed by atoms with Crippen molar-refractivity contribution in [3.8, 4) is 0 Å². The van der Waals surface area contributed by atoms with Crippen LogP contribution in [-0.2, 0) is 9.59 Å². The van der Waals surface area contributed by atoms with Gasteiger partial charge >= 0.3 is 12.0 Å². The van der Waals surface area contributed by atoms with E-state index in [1.165, 1.54) is 4.90 Å². The van der Waals surface area contributed by atoms with Crippen molar-refractivity contribution < 1.29 is 19.5 Å². The van der Waals surface area contributed by atoms with Crippen molar-refractivity contribution in [2.24, 2.45) is 5.92 Å². The SMILES string of the molecule is CN(C)C(=O)CNC(=O)NC1CCCC1C(=O)O. The highest BCUT2D eigenvalue weighted by molar-refractivity contribution is 5.84. The van der Waals surface area contributed by atoms with Crippen LogP contribution < -0.4 is 10.6 Å². The number of aliphatic carboxylic acids is 1. The Morgan fingerprint density at radius 3 is 2.50 bits per heavy atom. The van der Waals surface area contributed by atoms with E-state index in [1.54, 1.807) is 14.1 Å². The predicted octanol–water partition coefficient (Wildman–Crippen LogP) is -0.373. The number of carboxylic acids is 1. The molecule has 2 atom stereocenters. The van der Waals surface area contributed by atoms with E-state index in [0.717, 1.165) is 6.42 Å². The van der Waals surface area contributed by atoms with Gasteiger partial charge in [-0.1, -0.05) is 6.42 Å². The molecule has 102 valence electrons. The molecule has 0 aromatic carbocycles. The third-order valence-electron chi connectivity index (χ3n) is 3.05. The summed E-state index contributed by atoms with van der Waals surface area (Å²) in [6, 6.07) is -0.847. The van der Waals surface area contributed by atoms with Crippen molar-refractivity contribution in [3.63, 3.8) is 0 Å². The third-order valence-corrected chi connectivity index (χ3v) is 3.05. The average Bonchev–Trinajstić information content (AvgIpc) is 2.73. The fourth-order valence-electron chi connectivity index (χ4n) is 1.96. The second-order valence-corrected chi connectivity index (χ2v) is 4.60. The molecule has 7 nitrogen and oxygen atoms in total. The van der Waals surface area contributed by atoms with Gasteiger partial charge in [0.25, 0.3) is 0 Å². The van der Waals surface area contributed by atoms with Crippen molar-refractivity contribution in [1.82, 2.24) is 15.5 Å². The first-order valence-electron chi connectivity index (χ1n) is 5.89. The second-order valence-electron chi connectivity index (χ2n) is 4.60. The van der Waals surface area contributed by atoms with Gasteiger partial charge < -0.3 is 20.6 Å². The van der Waals surface area contributed by atoms with E-state index in [0.29, 0.717) is 12.8 Å². The maximum atomic E-state index is 11.5. The van der Waals surface area contributed by atoms with Crippen LogP contribution in [0.1, 0.15) is 19.3 Å². The molecule has 0 heterocycles. The number of nitrogens with zero attached hydrogens (tertiary/aromatic N) is 1. The molecule has 1 fully saturated rings. The summed E-state index contributed by atoms with van der Waals surface area (Å²) in [7, 11) is 3.19. The molecular formula is C11H19N3O4. The minimum Gasteiger partial charge on any atom is -0.481 e. The molecule has 7 heteroatoms. The summed E-state index contributed by atoms with van der Waals surface area (Å²) in [5.74, 6) is -1.63. The van der Waals surface area contributed by atoms with Crippen LogP contribution >= 0.6 is 0 Å². The molecular weight excluding hydrogens is 238 g/mol. The van der Waals surface area contributed by atoms with E-state index in [1.807, 2.05) is 0 Å². The monoisotopic (exact) mass is 257 g/mol. The van der Waals surface area contributed by atoms with Gasteiger partial charge in [0.2, 0.25) is 5.91 Å². The predicted molar refractivity (Wildman–Crippen MR) is 64.0 cm³/mol. The lowest BCUT2D eigenvalue weighted by atomic mass is 10.0. The fraction of sp³-hybridized carbons (Fsp3) is 0.727. The van der Waals surface area contributed by atoms with Crippen molar-refractivity contribution in [2.75, 3.05) is 20.6 Å². The van der Waals surface area contributed by atoms with Gasteiger partial charge in [-0.25, -0.2) is 4.79 Å². The normalized spacial score (nSPS) is 22.3. The first-order valence-corrected chi connectivity index (χ1v) is 5.89. The standard InChI is InChI=1S/C11H19N3O4/c1-14(2)9(15)6-12-11(18)13-8-5-3-4-7(8)10(16)17/h7-8H,3-6H2,1-2H3,(H,16,17)(H2,12,13,18). The number of hydrogen-bond acceptors (Lipinski definition) is 3. The van der Waals surface area contributed by atoms with Crippen molar-refractivity contribution in [1.29, 1.82) is 0 Å². The van der Waals surface area contributed by atoms with E-state index < -0.39 is 17.9 Å². The molecule has 0 aliphatic heterocycles. The molecule has 0 spiro atoms. The molecule has 0 radical (unpaired) electrons. The lowest BCUT2D eigenvalue weighted by molar-refractivity contribution is -0.142. The lowest BCUT2D eigenvalue weighted by Crippen LogP contribution is -2.47. The second kappa shape index (κ2) is 6.23. The minimum atomic E-state index is -0.887. The van der Waals surface area contributed by atoms with E-state index >= 15 is 0 Å². The van der Waals surface area contributed by atoms with Gasteiger partial charge in [0.1, 0.15) is 0 Å². The molecule has 0 saturated heterocycles. The van der Waals surface area contributed by atoms with Crippen LogP contribution in [0.5, 0.6) is 0 Å². The molecule has 1 aliphatic carbocycles. The molecule has 1 aliphatic rings. The zero-order valence-corrected chi connectivity index (χ0v) is 10.6. The highest BCUT2D eigenvalue weighted by Gasteiger charge is 2.33. The highest BCUT2D eigenvalue weighted by atomic mass is 16.4. The number of amides is 3. The van der Waals surface area contributed by atoms with Crippen LogP contribution in [0.2, 0.25) is 0 Å². The van der Waals surface area contributed by atoms with E-state index in [2.05, 4.69) is 10.6 Å². The number of carbonyl (C=O) groups is 3. The third kappa shape index (κ3) is 3.90. The molecule has 0 aromatic heterocycles. The number of hydrogen-bond donors (Lipinski definition) is 3. The zero-order valence-electron chi connectivity index (χ0n) is 10.6. The van der Waals surface area contributed by atoms with E-state index in [9.17, 15) is 14.4 Å². The lowest BCUT2D eigenvalue weighted by Gasteiger charge is -2.18. The highest BCUT2D eigenvalue weighted by Crippen LogP contribution is 2.25. The Kier molecular flexibility index (Phi) is 4.94. The van der Waals surface area contributed by atoms with E-state index in [4.69, 9.17) is 5.11 Å².